The molecule has 0 spiro atoms. The van der Waals surface area contributed by atoms with Gasteiger partial charge in [-0.25, -0.2) is 0 Å². The van der Waals surface area contributed by atoms with Gasteiger partial charge in [0.25, 0.3) is 0 Å². The summed E-state index contributed by atoms with van der Waals surface area (Å²) in [5.41, 5.74) is 0.196. The van der Waals surface area contributed by atoms with Crippen LogP contribution < -0.4 is 0 Å². The Morgan fingerprint density at radius 3 is 2.58 bits per heavy atom. The van der Waals surface area contributed by atoms with Gasteiger partial charge in [0.2, 0.25) is 0 Å². The third-order valence-corrected chi connectivity index (χ3v) is 12.0. The Bertz CT molecular complexity index is 505. The van der Waals surface area contributed by atoms with E-state index in [0.29, 0.717) is 23.0 Å². The Hall–Kier alpha value is -0.383. The van der Waals surface area contributed by atoms with Crippen LogP contribution in [0.15, 0.2) is 24.8 Å². The molecule has 1 aliphatic carbocycles. The summed E-state index contributed by atoms with van der Waals surface area (Å²) in [5.74, 6) is 2.01. The number of fused-ring (bicyclic) bond motifs is 1. The highest BCUT2D eigenvalue weighted by Gasteiger charge is 2.64. The molecule has 1 aliphatic heterocycles. The van der Waals surface area contributed by atoms with Gasteiger partial charge in [0, 0.05) is 12.0 Å². The molecular formula is C23H42O2Si. The van der Waals surface area contributed by atoms with Crippen molar-refractivity contribution in [2.24, 2.45) is 23.2 Å². The minimum absolute atomic E-state index is 0.196. The van der Waals surface area contributed by atoms with Crippen LogP contribution in [0.3, 0.4) is 0 Å². The third kappa shape index (κ3) is 3.91. The molecule has 1 heterocycles. The predicted molar refractivity (Wildman–Crippen MR) is 115 cm³/mol. The molecule has 0 bridgehead atoms. The average Bonchev–Trinajstić information content (AvgIpc) is 2.81. The second-order valence-electron chi connectivity index (χ2n) is 9.95. The highest BCUT2D eigenvalue weighted by Crippen LogP contribution is 2.64. The van der Waals surface area contributed by atoms with Gasteiger partial charge in [0.05, 0.1) is 12.7 Å². The fraction of sp³-hybridized carbons (Fsp3) is 0.826. The topological polar surface area (TPSA) is 18.5 Å². The predicted octanol–water partition coefficient (Wildman–Crippen LogP) is 6.60. The van der Waals surface area contributed by atoms with Crippen molar-refractivity contribution in [2.75, 3.05) is 13.2 Å². The smallest absolute Gasteiger partial charge is 0.191 e. The standard InChI is InChI=1S/C23H42O2Si/c1-9-14-19-20(10-2)23(18(3)24-17-21(19)23)15-12-11-13-16-25-26(7,8)22(4,5)6/h10,12,15,18-21H,2,9,11,13-14,16-17H2,1,3-8H3/b15-12+/t18-,19+,20-,21-,23+/m1/s1. The molecule has 150 valence electrons. The number of unbranched alkanes of at least 4 members (excludes halogenated alkanes) is 1. The number of rotatable bonds is 9. The van der Waals surface area contributed by atoms with E-state index in [0.717, 1.165) is 32.0 Å². The molecule has 0 aromatic rings. The zero-order valence-corrected chi connectivity index (χ0v) is 19.3. The number of allylic oxidation sites excluding steroid dienone is 2. The fourth-order valence-corrected chi connectivity index (χ4v) is 5.94. The van der Waals surface area contributed by atoms with Crippen molar-refractivity contribution >= 4 is 8.32 Å². The quantitative estimate of drug-likeness (QED) is 0.256. The molecule has 0 aromatic carbocycles. The molecule has 0 aromatic heterocycles. The first-order valence-corrected chi connectivity index (χ1v) is 13.6. The Labute approximate surface area is 163 Å². The number of hydrogen-bond acceptors (Lipinski definition) is 2. The van der Waals surface area contributed by atoms with Crippen LogP contribution in [-0.4, -0.2) is 27.6 Å². The van der Waals surface area contributed by atoms with E-state index < -0.39 is 8.32 Å². The van der Waals surface area contributed by atoms with Crippen molar-refractivity contribution < 1.29 is 9.16 Å². The van der Waals surface area contributed by atoms with Crippen LogP contribution >= 0.6 is 0 Å². The van der Waals surface area contributed by atoms with Crippen molar-refractivity contribution in [1.29, 1.82) is 0 Å². The van der Waals surface area contributed by atoms with E-state index in [1.165, 1.54) is 12.8 Å². The zero-order chi connectivity index (χ0) is 19.6. The molecule has 2 aliphatic rings. The molecule has 2 fully saturated rings. The van der Waals surface area contributed by atoms with Gasteiger partial charge in [-0.2, -0.15) is 0 Å². The normalized spacial score (nSPS) is 34.7. The summed E-state index contributed by atoms with van der Waals surface area (Å²) in [6, 6.07) is 0. The van der Waals surface area contributed by atoms with Crippen LogP contribution in [0.2, 0.25) is 18.1 Å². The van der Waals surface area contributed by atoms with Crippen molar-refractivity contribution in [1.82, 2.24) is 0 Å². The lowest BCUT2D eigenvalue weighted by atomic mass is 9.45. The minimum Gasteiger partial charge on any atom is -0.417 e. The van der Waals surface area contributed by atoms with Crippen LogP contribution in [0, 0.1) is 23.2 Å². The summed E-state index contributed by atoms with van der Waals surface area (Å²) >= 11 is 0. The van der Waals surface area contributed by atoms with Gasteiger partial charge in [-0.15, -0.1) is 6.58 Å². The van der Waals surface area contributed by atoms with E-state index in [1.54, 1.807) is 0 Å². The minimum atomic E-state index is -1.61. The monoisotopic (exact) mass is 378 g/mol. The Balaban J connectivity index is 1.89. The first-order valence-electron chi connectivity index (χ1n) is 10.7. The van der Waals surface area contributed by atoms with E-state index in [-0.39, 0.29) is 5.41 Å². The van der Waals surface area contributed by atoms with Crippen LogP contribution in [-0.2, 0) is 9.16 Å². The highest BCUT2D eigenvalue weighted by molar-refractivity contribution is 6.74. The first-order chi connectivity index (χ1) is 12.1. The van der Waals surface area contributed by atoms with Crippen LogP contribution in [0.4, 0.5) is 0 Å². The van der Waals surface area contributed by atoms with Crippen molar-refractivity contribution in [3.05, 3.63) is 24.8 Å². The molecule has 0 amide bonds. The molecule has 3 heteroatoms. The maximum atomic E-state index is 6.30. The van der Waals surface area contributed by atoms with Crippen molar-refractivity contribution in [3.8, 4) is 0 Å². The summed E-state index contributed by atoms with van der Waals surface area (Å²) in [6.07, 6.45) is 12.1. The van der Waals surface area contributed by atoms with E-state index in [9.17, 15) is 0 Å². The van der Waals surface area contributed by atoms with Crippen LogP contribution in [0.25, 0.3) is 0 Å². The molecule has 26 heavy (non-hydrogen) atoms. The van der Waals surface area contributed by atoms with E-state index >= 15 is 0 Å². The maximum Gasteiger partial charge on any atom is 0.191 e. The summed E-state index contributed by atoms with van der Waals surface area (Å²) in [5, 5.41) is 0.295. The second-order valence-corrected chi connectivity index (χ2v) is 14.8. The van der Waals surface area contributed by atoms with Gasteiger partial charge in [-0.1, -0.05) is 52.3 Å². The van der Waals surface area contributed by atoms with Crippen LogP contribution in [0.5, 0.6) is 0 Å². The molecule has 0 unspecified atom stereocenters. The molecular weight excluding hydrogens is 336 g/mol. The fourth-order valence-electron chi connectivity index (χ4n) is 4.85. The molecule has 2 nitrogen and oxygen atoms in total. The van der Waals surface area contributed by atoms with Gasteiger partial charge < -0.3 is 9.16 Å². The summed E-state index contributed by atoms with van der Waals surface area (Å²) in [7, 11) is -1.61. The molecule has 1 saturated heterocycles. The molecule has 0 N–H and O–H groups in total. The van der Waals surface area contributed by atoms with E-state index in [1.807, 2.05) is 0 Å². The summed E-state index contributed by atoms with van der Waals surface area (Å²) in [4.78, 5) is 0. The molecule has 5 atom stereocenters. The Kier molecular flexibility index (Phi) is 7.01. The SMILES string of the molecule is C=C[C@@H]1[C@H](CCC)[C@H]2CO[C@H](C)[C@@]12/C=C/CCCO[Si](C)(C)C(C)(C)C. The summed E-state index contributed by atoms with van der Waals surface area (Å²) < 4.78 is 12.4. The number of hydrogen-bond donors (Lipinski definition) is 0. The van der Waals surface area contributed by atoms with Gasteiger partial charge in [-0.05, 0) is 62.1 Å². The summed E-state index contributed by atoms with van der Waals surface area (Å²) in [6.45, 7) is 22.1. The van der Waals surface area contributed by atoms with Gasteiger partial charge in [0.15, 0.2) is 8.32 Å². The largest absolute Gasteiger partial charge is 0.417 e. The Morgan fingerprint density at radius 1 is 1.31 bits per heavy atom. The van der Waals surface area contributed by atoms with Gasteiger partial charge in [0.1, 0.15) is 0 Å². The van der Waals surface area contributed by atoms with E-state index in [4.69, 9.17) is 9.16 Å². The zero-order valence-electron chi connectivity index (χ0n) is 18.3. The molecule has 1 saturated carbocycles. The highest BCUT2D eigenvalue weighted by atomic mass is 28.4. The van der Waals surface area contributed by atoms with Crippen molar-refractivity contribution in [3.63, 3.8) is 0 Å². The number of ether oxygens (including phenoxy) is 1. The van der Waals surface area contributed by atoms with Crippen molar-refractivity contribution in [2.45, 2.75) is 84.5 Å². The lowest BCUT2D eigenvalue weighted by Gasteiger charge is -2.57. The lowest BCUT2D eigenvalue weighted by Crippen LogP contribution is -2.56. The maximum absolute atomic E-state index is 6.30. The third-order valence-electron chi connectivity index (χ3n) is 7.49. The second kappa shape index (κ2) is 8.32. The lowest BCUT2D eigenvalue weighted by molar-refractivity contribution is -0.0471. The average molecular weight is 379 g/mol. The molecule has 2 rings (SSSR count). The van der Waals surface area contributed by atoms with Gasteiger partial charge >= 0.3 is 0 Å². The Morgan fingerprint density at radius 2 is 2.00 bits per heavy atom. The van der Waals surface area contributed by atoms with E-state index in [2.05, 4.69) is 72.5 Å². The first kappa shape index (κ1) is 21.9. The molecule has 0 radical (unpaired) electrons. The van der Waals surface area contributed by atoms with Gasteiger partial charge in [-0.3, -0.25) is 0 Å². The van der Waals surface area contributed by atoms with Crippen LogP contribution in [0.1, 0.15) is 60.3 Å².